The van der Waals surface area contributed by atoms with E-state index in [2.05, 4.69) is 11.9 Å². The minimum absolute atomic E-state index is 0.181. The topological polar surface area (TPSA) is 49.5 Å². The van der Waals surface area contributed by atoms with Crippen molar-refractivity contribution in [1.82, 2.24) is 4.90 Å². The van der Waals surface area contributed by atoms with E-state index in [0.717, 1.165) is 12.8 Å². The normalized spacial score (nSPS) is 27.8. The van der Waals surface area contributed by atoms with Crippen LogP contribution in [0.4, 0.5) is 0 Å². The average molecular weight is 172 g/mol. The van der Waals surface area contributed by atoms with Crippen molar-refractivity contribution in [2.75, 3.05) is 20.2 Å². The van der Waals surface area contributed by atoms with E-state index >= 15 is 0 Å². The number of hydrogen-bond donors (Lipinski definition) is 2. The Hall–Kier alpha value is -0.120. The lowest BCUT2D eigenvalue weighted by molar-refractivity contribution is 0.243. The number of nitrogens with zero attached hydrogens (tertiary/aromatic N) is 1. The monoisotopic (exact) mass is 172 g/mol. The van der Waals surface area contributed by atoms with Crippen LogP contribution in [0.25, 0.3) is 0 Å². The number of aliphatic hydroxyl groups is 1. The van der Waals surface area contributed by atoms with Crippen LogP contribution in [0.3, 0.4) is 0 Å². The van der Waals surface area contributed by atoms with Crippen molar-refractivity contribution in [3.63, 3.8) is 0 Å². The predicted molar refractivity (Wildman–Crippen MR) is 49.9 cm³/mol. The molecular weight excluding hydrogens is 152 g/mol. The van der Waals surface area contributed by atoms with E-state index in [1.165, 1.54) is 19.4 Å². The lowest BCUT2D eigenvalue weighted by atomic mass is 10.0. The number of nitrogens with two attached hydrogens (primary N) is 1. The fourth-order valence-electron chi connectivity index (χ4n) is 1.91. The Kier molecular flexibility index (Phi) is 3.98. The van der Waals surface area contributed by atoms with E-state index in [1.54, 1.807) is 0 Å². The SMILES string of the molecule is CN1CCCC1CC(N)CCO. The van der Waals surface area contributed by atoms with Gasteiger partial charge in [0.1, 0.15) is 0 Å². The minimum atomic E-state index is 0.181. The molecule has 1 fully saturated rings. The Morgan fingerprint density at radius 2 is 2.42 bits per heavy atom. The first-order valence-electron chi connectivity index (χ1n) is 4.80. The van der Waals surface area contributed by atoms with Crippen molar-refractivity contribution < 1.29 is 5.11 Å². The maximum absolute atomic E-state index is 8.68. The van der Waals surface area contributed by atoms with E-state index in [0.29, 0.717) is 6.04 Å². The van der Waals surface area contributed by atoms with Crippen LogP contribution in [0, 0.1) is 0 Å². The first kappa shape index (κ1) is 9.96. The van der Waals surface area contributed by atoms with Crippen molar-refractivity contribution in [3.05, 3.63) is 0 Å². The zero-order valence-electron chi connectivity index (χ0n) is 7.87. The highest BCUT2D eigenvalue weighted by Crippen LogP contribution is 2.19. The first-order valence-corrected chi connectivity index (χ1v) is 4.80. The Labute approximate surface area is 74.5 Å². The van der Waals surface area contributed by atoms with Gasteiger partial charge in [0.25, 0.3) is 0 Å². The molecule has 1 saturated heterocycles. The van der Waals surface area contributed by atoms with Gasteiger partial charge in [-0.25, -0.2) is 0 Å². The van der Waals surface area contributed by atoms with Crippen molar-refractivity contribution in [2.24, 2.45) is 5.73 Å². The molecule has 2 unspecified atom stereocenters. The molecule has 0 saturated carbocycles. The second kappa shape index (κ2) is 4.80. The Morgan fingerprint density at radius 3 is 2.92 bits per heavy atom. The minimum Gasteiger partial charge on any atom is -0.396 e. The summed E-state index contributed by atoms with van der Waals surface area (Å²) in [5.74, 6) is 0. The average Bonchev–Trinajstić information content (AvgIpc) is 2.37. The van der Waals surface area contributed by atoms with Gasteiger partial charge in [-0.2, -0.15) is 0 Å². The van der Waals surface area contributed by atoms with Gasteiger partial charge in [-0.05, 0) is 39.3 Å². The van der Waals surface area contributed by atoms with Crippen LogP contribution in [0.2, 0.25) is 0 Å². The third-order valence-corrected chi connectivity index (χ3v) is 2.75. The molecule has 1 aliphatic rings. The van der Waals surface area contributed by atoms with Gasteiger partial charge in [0.05, 0.1) is 0 Å². The van der Waals surface area contributed by atoms with Gasteiger partial charge in [0, 0.05) is 18.7 Å². The molecule has 2 atom stereocenters. The van der Waals surface area contributed by atoms with Gasteiger partial charge >= 0.3 is 0 Å². The van der Waals surface area contributed by atoms with E-state index in [9.17, 15) is 0 Å². The molecule has 0 aliphatic carbocycles. The summed E-state index contributed by atoms with van der Waals surface area (Å²) in [6, 6.07) is 0.840. The molecule has 0 aromatic heterocycles. The molecule has 1 aliphatic heterocycles. The highest BCUT2D eigenvalue weighted by atomic mass is 16.3. The third-order valence-electron chi connectivity index (χ3n) is 2.75. The van der Waals surface area contributed by atoms with E-state index < -0.39 is 0 Å². The zero-order valence-corrected chi connectivity index (χ0v) is 7.87. The molecule has 3 heteroatoms. The lowest BCUT2D eigenvalue weighted by Crippen LogP contribution is -2.33. The van der Waals surface area contributed by atoms with E-state index in [-0.39, 0.29) is 12.6 Å². The summed E-state index contributed by atoms with van der Waals surface area (Å²) in [5, 5.41) is 8.68. The molecule has 0 spiro atoms. The van der Waals surface area contributed by atoms with Crippen molar-refractivity contribution >= 4 is 0 Å². The quantitative estimate of drug-likeness (QED) is 0.636. The van der Waals surface area contributed by atoms with Crippen molar-refractivity contribution in [1.29, 1.82) is 0 Å². The van der Waals surface area contributed by atoms with Crippen molar-refractivity contribution in [2.45, 2.75) is 37.8 Å². The number of hydrogen-bond acceptors (Lipinski definition) is 3. The van der Waals surface area contributed by atoms with Crippen LogP contribution < -0.4 is 5.73 Å². The van der Waals surface area contributed by atoms with Gasteiger partial charge in [-0.15, -0.1) is 0 Å². The number of rotatable bonds is 4. The zero-order chi connectivity index (χ0) is 8.97. The maximum atomic E-state index is 8.68. The summed E-state index contributed by atoms with van der Waals surface area (Å²) in [5.41, 5.74) is 5.84. The number of likely N-dealkylation sites (tertiary alicyclic amines) is 1. The van der Waals surface area contributed by atoms with Gasteiger partial charge in [-0.3, -0.25) is 0 Å². The Balaban J connectivity index is 2.20. The first-order chi connectivity index (χ1) is 5.74. The van der Waals surface area contributed by atoms with Crippen LogP contribution in [0.15, 0.2) is 0 Å². The fraction of sp³-hybridized carbons (Fsp3) is 1.00. The van der Waals surface area contributed by atoms with Crippen LogP contribution in [0.5, 0.6) is 0 Å². The van der Waals surface area contributed by atoms with Crippen LogP contribution in [0.1, 0.15) is 25.7 Å². The molecule has 1 heterocycles. The van der Waals surface area contributed by atoms with Crippen molar-refractivity contribution in [3.8, 4) is 0 Å². The molecule has 0 aromatic rings. The molecule has 0 amide bonds. The summed E-state index contributed by atoms with van der Waals surface area (Å²) in [4.78, 5) is 2.37. The second-order valence-electron chi connectivity index (χ2n) is 3.78. The molecule has 0 bridgehead atoms. The molecule has 72 valence electrons. The molecule has 1 rings (SSSR count). The molecule has 12 heavy (non-hydrogen) atoms. The van der Waals surface area contributed by atoms with Gasteiger partial charge in [0.15, 0.2) is 0 Å². The Bertz CT molecular complexity index is 130. The van der Waals surface area contributed by atoms with Gasteiger partial charge in [0.2, 0.25) is 0 Å². The van der Waals surface area contributed by atoms with Crippen LogP contribution in [-0.4, -0.2) is 42.3 Å². The van der Waals surface area contributed by atoms with Gasteiger partial charge in [-0.1, -0.05) is 0 Å². The smallest absolute Gasteiger partial charge is 0.0445 e. The summed E-state index contributed by atoms with van der Waals surface area (Å²) < 4.78 is 0. The third kappa shape index (κ3) is 2.73. The summed E-state index contributed by atoms with van der Waals surface area (Å²) in [7, 11) is 2.16. The summed E-state index contributed by atoms with van der Waals surface area (Å²) in [6.07, 6.45) is 4.35. The number of aliphatic hydroxyl groups excluding tert-OH is 1. The van der Waals surface area contributed by atoms with Gasteiger partial charge < -0.3 is 15.7 Å². The highest BCUT2D eigenvalue weighted by molar-refractivity contribution is 4.80. The van der Waals surface area contributed by atoms with E-state index in [1.807, 2.05) is 0 Å². The fourth-order valence-corrected chi connectivity index (χ4v) is 1.91. The molecule has 0 radical (unpaired) electrons. The lowest BCUT2D eigenvalue weighted by Gasteiger charge is -2.22. The predicted octanol–water partition coefficient (Wildman–Crippen LogP) is 0.180. The van der Waals surface area contributed by atoms with E-state index in [4.69, 9.17) is 10.8 Å². The van der Waals surface area contributed by atoms with Crippen LogP contribution in [-0.2, 0) is 0 Å². The summed E-state index contributed by atoms with van der Waals surface area (Å²) >= 11 is 0. The molecular formula is C9H20N2O. The highest BCUT2D eigenvalue weighted by Gasteiger charge is 2.22. The largest absolute Gasteiger partial charge is 0.396 e. The molecule has 3 nitrogen and oxygen atoms in total. The Morgan fingerprint density at radius 1 is 1.67 bits per heavy atom. The van der Waals surface area contributed by atoms with Crippen LogP contribution >= 0.6 is 0 Å². The maximum Gasteiger partial charge on any atom is 0.0445 e. The standard InChI is InChI=1S/C9H20N2O/c1-11-5-2-3-9(11)7-8(10)4-6-12/h8-9,12H,2-7,10H2,1H3. The summed E-state index contributed by atoms with van der Waals surface area (Å²) in [6.45, 7) is 1.42. The second-order valence-corrected chi connectivity index (χ2v) is 3.78. The molecule has 3 N–H and O–H groups in total. The molecule has 0 aromatic carbocycles.